The van der Waals surface area contributed by atoms with Gasteiger partial charge in [-0.2, -0.15) is 5.10 Å². The highest BCUT2D eigenvalue weighted by molar-refractivity contribution is 5.74. The number of aromatic nitrogens is 2. The fourth-order valence-corrected chi connectivity index (χ4v) is 2.25. The van der Waals surface area contributed by atoms with Crippen molar-refractivity contribution in [1.82, 2.24) is 20.4 Å². The molecule has 0 aliphatic rings. The Kier molecular flexibility index (Phi) is 6.28. The number of rotatable bonds is 7. The summed E-state index contributed by atoms with van der Waals surface area (Å²) in [7, 11) is 1.94. The minimum absolute atomic E-state index is 0.113. The summed E-state index contributed by atoms with van der Waals surface area (Å²) in [6.07, 6.45) is 4.33. The van der Waals surface area contributed by atoms with E-state index in [1.807, 2.05) is 31.7 Å². The zero-order valence-electron chi connectivity index (χ0n) is 13.0. The lowest BCUT2D eigenvalue weighted by atomic mass is 10.1. The van der Waals surface area contributed by atoms with E-state index in [1.165, 1.54) is 5.56 Å². The lowest BCUT2D eigenvalue weighted by Crippen LogP contribution is -2.42. The molecule has 1 unspecified atom stereocenters. The maximum Gasteiger partial charge on any atom is 0.315 e. The number of aryl methyl sites for hydroxylation is 2. The second-order valence-electron chi connectivity index (χ2n) is 5.05. The van der Waals surface area contributed by atoms with Crippen molar-refractivity contribution in [2.45, 2.75) is 46.1 Å². The highest BCUT2D eigenvalue weighted by atomic mass is 16.2. The zero-order chi connectivity index (χ0) is 15.1. The fraction of sp³-hybridized carbons (Fsp3) is 0.600. The Morgan fingerprint density at radius 2 is 2.20 bits per heavy atom. The highest BCUT2D eigenvalue weighted by Gasteiger charge is 2.11. The first kappa shape index (κ1) is 16.3. The van der Waals surface area contributed by atoms with Crippen LogP contribution in [0.1, 0.15) is 36.7 Å². The van der Waals surface area contributed by atoms with Crippen LogP contribution < -0.4 is 10.6 Å². The van der Waals surface area contributed by atoms with Gasteiger partial charge in [0.25, 0.3) is 0 Å². The third-order valence-electron chi connectivity index (χ3n) is 3.60. The first-order valence-electron chi connectivity index (χ1n) is 7.13. The first-order valence-corrected chi connectivity index (χ1v) is 7.13. The molecule has 20 heavy (non-hydrogen) atoms. The highest BCUT2D eigenvalue weighted by Crippen LogP contribution is 2.11. The molecule has 0 aliphatic carbocycles. The SMILES string of the molecule is C=CCC(CC)NC(=O)NCCc1c(C)nn(C)c1C. The van der Waals surface area contributed by atoms with Gasteiger partial charge in [0.15, 0.2) is 0 Å². The summed E-state index contributed by atoms with van der Waals surface area (Å²) in [5.74, 6) is 0. The minimum Gasteiger partial charge on any atom is -0.338 e. The Bertz CT molecular complexity index is 465. The van der Waals surface area contributed by atoms with Crippen LogP contribution in [0.15, 0.2) is 12.7 Å². The van der Waals surface area contributed by atoms with Gasteiger partial charge in [0.05, 0.1) is 5.69 Å². The van der Waals surface area contributed by atoms with Gasteiger partial charge in [-0.1, -0.05) is 13.0 Å². The molecule has 1 rings (SSSR count). The molecule has 2 N–H and O–H groups in total. The summed E-state index contributed by atoms with van der Waals surface area (Å²) >= 11 is 0. The van der Waals surface area contributed by atoms with Gasteiger partial charge in [-0.15, -0.1) is 6.58 Å². The smallest absolute Gasteiger partial charge is 0.315 e. The van der Waals surface area contributed by atoms with E-state index in [0.29, 0.717) is 6.54 Å². The Balaban J connectivity index is 2.40. The van der Waals surface area contributed by atoms with E-state index in [4.69, 9.17) is 0 Å². The molecule has 0 radical (unpaired) electrons. The van der Waals surface area contributed by atoms with Gasteiger partial charge in [0, 0.05) is 25.3 Å². The molecule has 0 aliphatic heterocycles. The molecule has 112 valence electrons. The van der Waals surface area contributed by atoms with Crippen LogP contribution in [-0.2, 0) is 13.5 Å². The molecular weight excluding hydrogens is 252 g/mol. The van der Waals surface area contributed by atoms with Crippen molar-refractivity contribution in [2.75, 3.05) is 6.54 Å². The maximum absolute atomic E-state index is 11.8. The number of carbonyl (C=O) groups excluding carboxylic acids is 1. The second kappa shape index (κ2) is 7.72. The van der Waals surface area contributed by atoms with Crippen LogP contribution in [-0.4, -0.2) is 28.4 Å². The molecule has 1 heterocycles. The third kappa shape index (κ3) is 4.40. The van der Waals surface area contributed by atoms with Crippen LogP contribution in [0.5, 0.6) is 0 Å². The van der Waals surface area contributed by atoms with E-state index in [1.54, 1.807) is 0 Å². The molecule has 5 nitrogen and oxygen atoms in total. The van der Waals surface area contributed by atoms with Gasteiger partial charge in [0.1, 0.15) is 0 Å². The molecule has 1 aromatic rings. The van der Waals surface area contributed by atoms with Crippen LogP contribution in [0.3, 0.4) is 0 Å². The topological polar surface area (TPSA) is 59.0 Å². The minimum atomic E-state index is -0.113. The molecule has 2 amide bonds. The summed E-state index contributed by atoms with van der Waals surface area (Å²) in [6.45, 7) is 10.4. The summed E-state index contributed by atoms with van der Waals surface area (Å²) < 4.78 is 1.88. The van der Waals surface area contributed by atoms with Crippen molar-refractivity contribution >= 4 is 6.03 Å². The average molecular weight is 278 g/mol. The van der Waals surface area contributed by atoms with Crippen LogP contribution in [0.4, 0.5) is 4.79 Å². The molecule has 0 saturated carbocycles. The van der Waals surface area contributed by atoms with Gasteiger partial charge in [-0.3, -0.25) is 4.68 Å². The van der Waals surface area contributed by atoms with Crippen LogP contribution >= 0.6 is 0 Å². The lowest BCUT2D eigenvalue weighted by Gasteiger charge is -2.15. The fourth-order valence-electron chi connectivity index (χ4n) is 2.25. The summed E-state index contributed by atoms with van der Waals surface area (Å²) in [4.78, 5) is 11.8. The van der Waals surface area contributed by atoms with E-state index in [0.717, 1.165) is 30.7 Å². The summed E-state index contributed by atoms with van der Waals surface area (Å²) in [6, 6.07) is 0.0484. The number of carbonyl (C=O) groups is 1. The number of amides is 2. The molecule has 0 spiro atoms. The van der Waals surface area contributed by atoms with Crippen LogP contribution in [0.2, 0.25) is 0 Å². The molecule has 0 saturated heterocycles. The van der Waals surface area contributed by atoms with E-state index >= 15 is 0 Å². The predicted octanol–water partition coefficient (Wildman–Crippen LogP) is 2.23. The largest absolute Gasteiger partial charge is 0.338 e. The predicted molar refractivity (Wildman–Crippen MR) is 81.8 cm³/mol. The number of hydrogen-bond acceptors (Lipinski definition) is 2. The van der Waals surface area contributed by atoms with Crippen molar-refractivity contribution in [1.29, 1.82) is 0 Å². The van der Waals surface area contributed by atoms with E-state index in [-0.39, 0.29) is 12.1 Å². The number of nitrogens with zero attached hydrogens (tertiary/aromatic N) is 2. The van der Waals surface area contributed by atoms with Gasteiger partial charge in [-0.05, 0) is 38.7 Å². The lowest BCUT2D eigenvalue weighted by molar-refractivity contribution is 0.236. The second-order valence-corrected chi connectivity index (χ2v) is 5.05. The number of nitrogens with one attached hydrogen (secondary N) is 2. The Morgan fingerprint density at radius 3 is 2.70 bits per heavy atom. The monoisotopic (exact) mass is 278 g/mol. The zero-order valence-corrected chi connectivity index (χ0v) is 13.0. The molecule has 0 aromatic carbocycles. The Labute approximate surface area is 121 Å². The quantitative estimate of drug-likeness (QED) is 0.751. The van der Waals surface area contributed by atoms with Crippen molar-refractivity contribution in [3.63, 3.8) is 0 Å². The molecule has 0 bridgehead atoms. The molecule has 1 atom stereocenters. The van der Waals surface area contributed by atoms with Crippen molar-refractivity contribution in [2.24, 2.45) is 7.05 Å². The van der Waals surface area contributed by atoms with Gasteiger partial charge >= 0.3 is 6.03 Å². The van der Waals surface area contributed by atoms with Gasteiger partial charge in [-0.25, -0.2) is 4.79 Å². The van der Waals surface area contributed by atoms with Gasteiger partial charge < -0.3 is 10.6 Å². The maximum atomic E-state index is 11.8. The van der Waals surface area contributed by atoms with E-state index in [9.17, 15) is 4.79 Å². The average Bonchev–Trinajstić information content (AvgIpc) is 2.64. The number of urea groups is 1. The molecule has 1 aromatic heterocycles. The molecule has 0 fully saturated rings. The van der Waals surface area contributed by atoms with Crippen molar-refractivity contribution < 1.29 is 4.79 Å². The van der Waals surface area contributed by atoms with Crippen molar-refractivity contribution in [3.8, 4) is 0 Å². The third-order valence-corrected chi connectivity index (χ3v) is 3.60. The van der Waals surface area contributed by atoms with E-state index in [2.05, 4.69) is 29.2 Å². The van der Waals surface area contributed by atoms with Gasteiger partial charge in [0.2, 0.25) is 0 Å². The van der Waals surface area contributed by atoms with Crippen LogP contribution in [0.25, 0.3) is 0 Å². The van der Waals surface area contributed by atoms with E-state index < -0.39 is 0 Å². The summed E-state index contributed by atoms with van der Waals surface area (Å²) in [5.41, 5.74) is 3.40. The molecule has 5 heteroatoms. The Morgan fingerprint density at radius 1 is 1.50 bits per heavy atom. The Hall–Kier alpha value is -1.78. The summed E-state index contributed by atoms with van der Waals surface area (Å²) in [5, 5.41) is 10.2. The van der Waals surface area contributed by atoms with Crippen molar-refractivity contribution in [3.05, 3.63) is 29.6 Å². The standard InChI is InChI=1S/C15H26N4O/c1-6-8-13(7-2)17-15(20)16-10-9-14-11(3)18-19(5)12(14)4/h6,13H,1,7-10H2,2-5H3,(H2,16,17,20). The normalized spacial score (nSPS) is 12.0. The number of hydrogen-bond donors (Lipinski definition) is 2. The molecular formula is C15H26N4O. The van der Waals surface area contributed by atoms with Crippen LogP contribution in [0, 0.1) is 13.8 Å². The first-order chi connectivity index (χ1) is 9.49.